The molecule has 2 aromatic carbocycles. The molecule has 1 saturated carbocycles. The predicted octanol–water partition coefficient (Wildman–Crippen LogP) is 2.91. The molecule has 5 rings (SSSR count). The van der Waals surface area contributed by atoms with E-state index >= 15 is 0 Å². The molecule has 0 bridgehead atoms. The Morgan fingerprint density at radius 1 is 1.23 bits per heavy atom. The van der Waals surface area contributed by atoms with Crippen LogP contribution in [0, 0.1) is 0 Å². The van der Waals surface area contributed by atoms with E-state index in [-0.39, 0.29) is 74.3 Å². The molecule has 0 saturated heterocycles. The molecule has 2 heterocycles. The van der Waals surface area contributed by atoms with Gasteiger partial charge in [-0.15, -0.1) is 0 Å². The molecule has 0 aliphatic heterocycles. The summed E-state index contributed by atoms with van der Waals surface area (Å²) in [5.74, 6) is 0.610. The van der Waals surface area contributed by atoms with Gasteiger partial charge in [-0.2, -0.15) is 21.6 Å². The van der Waals surface area contributed by atoms with Gasteiger partial charge in [0.05, 0.1) is 15.9 Å². The Morgan fingerprint density at radius 2 is 1.92 bits per heavy atom. The van der Waals surface area contributed by atoms with Gasteiger partial charge in [-0.25, -0.2) is 4.98 Å². The van der Waals surface area contributed by atoms with Crippen molar-refractivity contribution in [1.82, 2.24) is 9.55 Å². The van der Waals surface area contributed by atoms with E-state index in [4.69, 9.17) is 10.2 Å². The molecule has 14 heteroatoms. The smallest absolute Gasteiger partial charge is 0.455 e. The number of amides is 1. The van der Waals surface area contributed by atoms with Gasteiger partial charge >= 0.3 is 66.9 Å². The molecule has 1 amide bonds. The van der Waals surface area contributed by atoms with E-state index in [1.807, 2.05) is 17.6 Å². The van der Waals surface area contributed by atoms with Crippen LogP contribution in [0.4, 0.5) is 18.9 Å². The molecule has 0 radical (unpaired) electrons. The van der Waals surface area contributed by atoms with Crippen LogP contribution in [0.25, 0.3) is 22.3 Å². The van der Waals surface area contributed by atoms with Gasteiger partial charge in [0.25, 0.3) is 5.91 Å². The molecule has 0 unspecified atom stereocenters. The maximum atomic E-state index is 13.0. The number of primary amides is 1. The molecule has 1 fully saturated rings. The largest absolute Gasteiger partial charge is 1.00 e. The van der Waals surface area contributed by atoms with Gasteiger partial charge in [0.15, 0.2) is 5.76 Å². The Bertz CT molecular complexity index is 1680. The van der Waals surface area contributed by atoms with Crippen LogP contribution >= 0.6 is 15.9 Å². The number of alkyl halides is 3. The number of halogens is 4. The fourth-order valence-electron chi connectivity index (χ4n) is 4.40. The van der Waals surface area contributed by atoms with Gasteiger partial charge in [0.2, 0.25) is 0 Å². The number of anilines is 1. The molecule has 0 spiro atoms. The average molecular weight is 651 g/mol. The van der Waals surface area contributed by atoms with Crippen LogP contribution in [0.3, 0.4) is 0 Å². The van der Waals surface area contributed by atoms with Crippen LogP contribution < -0.4 is 61.8 Å². The summed E-state index contributed by atoms with van der Waals surface area (Å²) >= 11 is 3.47. The Labute approximate surface area is 273 Å². The number of fused-ring (bicyclic) bond motifs is 1. The maximum absolute atomic E-state index is 13.0. The van der Waals surface area contributed by atoms with Crippen molar-refractivity contribution in [2.24, 2.45) is 5.73 Å². The van der Waals surface area contributed by atoms with Crippen molar-refractivity contribution in [2.45, 2.75) is 44.2 Å². The van der Waals surface area contributed by atoms with Crippen molar-refractivity contribution in [3.63, 3.8) is 0 Å². The fourth-order valence-corrected chi connectivity index (χ4v) is 5.59. The zero-order chi connectivity index (χ0) is 27.4. The van der Waals surface area contributed by atoms with Gasteiger partial charge < -0.3 is 14.7 Å². The summed E-state index contributed by atoms with van der Waals surface area (Å²) in [7, 11) is -5.64. The maximum Gasteiger partial charge on any atom is 1.00 e. The van der Waals surface area contributed by atoms with E-state index in [0.717, 1.165) is 29.9 Å². The molecule has 8 nitrogen and oxygen atoms in total. The molecule has 2 aromatic heterocycles. The molecule has 39 heavy (non-hydrogen) atoms. The van der Waals surface area contributed by atoms with Crippen molar-refractivity contribution < 1.29 is 82.2 Å². The summed E-state index contributed by atoms with van der Waals surface area (Å²) in [6.45, 7) is 2.28. The molecule has 3 N–H and O–H groups in total. The number of imidazole rings is 1. The number of carbonyl (C=O) groups excluding carboxylic acids is 1. The molecule has 1 aliphatic rings. The SMILES string of the molecule is CCc1nc(C2CC2)c(C(N)=O)n1Cc1ccc2oc(-c3ccccc3NS(=O)(=O)C(F)(F)F)c(Br)c2c1.[K+]. The second-order valence-corrected chi connectivity index (χ2v) is 11.5. The van der Waals surface area contributed by atoms with E-state index in [9.17, 15) is 26.4 Å². The number of hydrogen-bond donors (Lipinski definition) is 2. The van der Waals surface area contributed by atoms with E-state index in [1.54, 1.807) is 22.9 Å². The second-order valence-electron chi connectivity index (χ2n) is 9.01. The van der Waals surface area contributed by atoms with Crippen molar-refractivity contribution in [3.8, 4) is 11.3 Å². The van der Waals surface area contributed by atoms with Gasteiger partial charge in [0.1, 0.15) is 17.1 Å². The number of aromatic nitrogens is 2. The number of hydrogen-bond acceptors (Lipinski definition) is 5. The number of nitrogens with two attached hydrogens (primary N) is 1. The quantitative estimate of drug-likeness (QED) is 0.285. The van der Waals surface area contributed by atoms with E-state index in [0.29, 0.717) is 34.1 Å². The number of carbonyl (C=O) groups is 1. The summed E-state index contributed by atoms with van der Waals surface area (Å²) in [5, 5.41) is 0.618. The number of nitrogens with one attached hydrogen (secondary N) is 1. The van der Waals surface area contributed by atoms with E-state index in [2.05, 4.69) is 20.9 Å². The molecular weight excluding hydrogens is 628 g/mol. The molecule has 1 aliphatic carbocycles. The number of rotatable bonds is 8. The standard InChI is InChI=1S/C25H22BrF3N4O4S.K/c1-2-19-31-21(14-8-9-14)22(24(30)34)33(19)12-13-7-10-18-16(11-13)20(26)23(37-18)15-5-3-4-6-17(15)32-38(35,36)25(27,28)29;/h3-7,10-11,14,32H,2,8-9,12H2,1H3,(H2,30,34);/q;+1. The summed E-state index contributed by atoms with van der Waals surface area (Å²) < 4.78 is 72.2. The van der Waals surface area contributed by atoms with Crippen molar-refractivity contribution in [3.05, 3.63) is 69.7 Å². The van der Waals surface area contributed by atoms with Crippen LogP contribution in [0.2, 0.25) is 0 Å². The van der Waals surface area contributed by atoms with Crippen LogP contribution in [-0.2, 0) is 23.0 Å². The topological polar surface area (TPSA) is 120 Å². The molecule has 200 valence electrons. The van der Waals surface area contributed by atoms with Gasteiger partial charge in [0, 0.05) is 29.8 Å². The summed E-state index contributed by atoms with van der Waals surface area (Å²) in [6.07, 6.45) is 2.55. The minimum Gasteiger partial charge on any atom is -0.455 e. The fraction of sp³-hybridized carbons (Fsp3) is 0.280. The Hall–Kier alpha value is -1.68. The predicted molar refractivity (Wildman–Crippen MR) is 139 cm³/mol. The monoisotopic (exact) mass is 649 g/mol. The number of sulfonamides is 1. The van der Waals surface area contributed by atoms with Crippen molar-refractivity contribution >= 4 is 48.5 Å². The third-order valence-corrected chi connectivity index (χ3v) is 8.23. The molecule has 4 aromatic rings. The van der Waals surface area contributed by atoms with Crippen molar-refractivity contribution in [2.75, 3.05) is 4.72 Å². The first-order valence-electron chi connectivity index (χ1n) is 11.7. The zero-order valence-electron chi connectivity index (χ0n) is 21.0. The van der Waals surface area contributed by atoms with Gasteiger partial charge in [-0.1, -0.05) is 25.1 Å². The molecule has 0 atom stereocenters. The minimum atomic E-state index is -5.64. The third kappa shape index (κ3) is 5.88. The number of aryl methyl sites for hydroxylation is 1. The molecular formula is C25H22BrF3KN4O4S+. The van der Waals surface area contributed by atoms with Crippen LogP contribution in [0.5, 0.6) is 0 Å². The average Bonchev–Trinajstić information content (AvgIpc) is 3.56. The second kappa shape index (κ2) is 11.3. The first-order chi connectivity index (χ1) is 17.9. The Kier molecular flexibility index (Phi) is 8.77. The Balaban J connectivity index is 0.00000353. The number of furan rings is 1. The zero-order valence-corrected chi connectivity index (χ0v) is 26.5. The van der Waals surface area contributed by atoms with E-state index in [1.165, 1.54) is 18.2 Å². The van der Waals surface area contributed by atoms with Crippen LogP contribution in [0.1, 0.15) is 53.3 Å². The first-order valence-corrected chi connectivity index (χ1v) is 14.0. The van der Waals surface area contributed by atoms with E-state index < -0.39 is 21.4 Å². The number of para-hydroxylation sites is 1. The van der Waals surface area contributed by atoms with Crippen molar-refractivity contribution in [1.29, 1.82) is 0 Å². The third-order valence-electron chi connectivity index (χ3n) is 6.34. The van der Waals surface area contributed by atoms with Crippen LogP contribution in [-0.4, -0.2) is 29.4 Å². The minimum absolute atomic E-state index is 0. The van der Waals surface area contributed by atoms with Gasteiger partial charge in [-0.05, 0) is 58.6 Å². The number of nitrogens with zero attached hydrogens (tertiary/aromatic N) is 2. The summed E-state index contributed by atoms with van der Waals surface area (Å²) in [6, 6.07) is 11.0. The normalized spacial score (nSPS) is 13.9. The number of benzene rings is 2. The Morgan fingerprint density at radius 3 is 2.54 bits per heavy atom. The summed E-state index contributed by atoms with van der Waals surface area (Å²) in [4.78, 5) is 17.0. The summed E-state index contributed by atoms with van der Waals surface area (Å²) in [5.41, 5.74) is 2.47. The van der Waals surface area contributed by atoms with Gasteiger partial charge in [-0.3, -0.25) is 9.52 Å². The van der Waals surface area contributed by atoms with Crippen LogP contribution in [0.15, 0.2) is 51.4 Å². The first kappa shape index (κ1) is 30.3.